The van der Waals surface area contributed by atoms with Crippen LogP contribution >= 0.6 is 23.2 Å². The molecule has 0 saturated heterocycles. The van der Waals surface area contributed by atoms with Crippen LogP contribution in [0.5, 0.6) is 11.6 Å². The van der Waals surface area contributed by atoms with Gasteiger partial charge in [-0.1, -0.05) is 30.1 Å². The Morgan fingerprint density at radius 3 is 2.59 bits per heavy atom. The van der Waals surface area contributed by atoms with Crippen LogP contribution in [0.15, 0.2) is 32.3 Å². The van der Waals surface area contributed by atoms with E-state index in [9.17, 15) is 19.5 Å². The molecule has 0 radical (unpaired) electrons. The molecular weight excluding hydrogens is 429 g/mol. The minimum absolute atomic E-state index is 0.0117. The smallest absolute Gasteiger partial charge is 0.434 e. The van der Waals surface area contributed by atoms with Crippen LogP contribution in [0.3, 0.4) is 0 Å². The van der Waals surface area contributed by atoms with Crippen molar-refractivity contribution in [1.82, 2.24) is 20.3 Å². The summed E-state index contributed by atoms with van der Waals surface area (Å²) in [5, 5.41) is 21.6. The molecular formula is C16H13Cl2N5O6. The fourth-order valence-corrected chi connectivity index (χ4v) is 2.84. The number of amides is 1. The molecule has 1 aromatic carbocycles. The lowest BCUT2D eigenvalue weighted by molar-refractivity contribution is 0.101. The average Bonchev–Trinajstić information content (AvgIpc) is 3.12. The highest BCUT2D eigenvalue weighted by Gasteiger charge is 2.17. The number of aliphatic hydroxyl groups is 1. The molecule has 1 amide bonds. The van der Waals surface area contributed by atoms with Gasteiger partial charge in [0.15, 0.2) is 5.75 Å². The Bertz CT molecular complexity index is 1150. The van der Waals surface area contributed by atoms with Crippen LogP contribution in [0.4, 0.5) is 5.69 Å². The number of halogens is 2. The Labute approximate surface area is 171 Å². The number of H-pyrrole nitrogens is 2. The van der Waals surface area contributed by atoms with Crippen molar-refractivity contribution in [2.75, 3.05) is 5.32 Å². The molecule has 0 spiro atoms. The number of rotatable bonds is 6. The molecule has 0 fully saturated rings. The maximum absolute atomic E-state index is 12.0. The zero-order valence-corrected chi connectivity index (χ0v) is 16.2. The molecule has 0 unspecified atom stereocenters. The van der Waals surface area contributed by atoms with Gasteiger partial charge in [0.1, 0.15) is 0 Å². The van der Waals surface area contributed by atoms with Gasteiger partial charge < -0.3 is 15.2 Å². The third-order valence-electron chi connectivity index (χ3n) is 3.67. The predicted molar refractivity (Wildman–Crippen MR) is 102 cm³/mol. The fourth-order valence-electron chi connectivity index (χ4n) is 2.27. The third-order valence-corrected chi connectivity index (χ3v) is 4.23. The van der Waals surface area contributed by atoms with Crippen LogP contribution in [-0.4, -0.2) is 31.4 Å². The molecule has 4 N–H and O–H groups in total. The van der Waals surface area contributed by atoms with Crippen LogP contribution < -0.4 is 21.4 Å². The zero-order chi connectivity index (χ0) is 21.1. The number of hydrogen-bond donors (Lipinski definition) is 4. The van der Waals surface area contributed by atoms with Crippen molar-refractivity contribution < 1.29 is 19.2 Å². The molecule has 3 aromatic rings. The fraction of sp³-hybridized carbons (Fsp3) is 0.188. The minimum Gasteiger partial charge on any atom is -0.434 e. The van der Waals surface area contributed by atoms with Crippen molar-refractivity contribution in [1.29, 1.82) is 0 Å². The Morgan fingerprint density at radius 2 is 2.00 bits per heavy atom. The van der Waals surface area contributed by atoms with Crippen molar-refractivity contribution in [3.8, 4) is 11.6 Å². The van der Waals surface area contributed by atoms with Crippen molar-refractivity contribution in [2.24, 2.45) is 0 Å². The highest BCUT2D eigenvalue weighted by atomic mass is 35.5. The zero-order valence-electron chi connectivity index (χ0n) is 14.7. The van der Waals surface area contributed by atoms with Gasteiger partial charge in [-0.05, 0) is 23.7 Å². The van der Waals surface area contributed by atoms with E-state index in [-0.39, 0.29) is 38.8 Å². The summed E-state index contributed by atoms with van der Waals surface area (Å²) in [5.41, 5.74) is -0.277. The predicted octanol–water partition coefficient (Wildman–Crippen LogP) is 2.24. The maximum atomic E-state index is 12.0. The highest BCUT2D eigenvalue weighted by molar-refractivity contribution is 6.37. The molecule has 2 aromatic heterocycles. The number of aliphatic hydroxyl groups excluding tert-OH is 1. The first-order chi connectivity index (χ1) is 13.8. The summed E-state index contributed by atoms with van der Waals surface area (Å²) in [4.78, 5) is 36.8. The Hall–Kier alpha value is -3.15. The summed E-state index contributed by atoms with van der Waals surface area (Å²) < 4.78 is 9.79. The van der Waals surface area contributed by atoms with Gasteiger partial charge >= 0.3 is 5.76 Å². The van der Waals surface area contributed by atoms with Gasteiger partial charge in [-0.15, -0.1) is 5.10 Å². The van der Waals surface area contributed by atoms with E-state index in [0.29, 0.717) is 6.42 Å². The molecule has 3 rings (SSSR count). The molecule has 2 heterocycles. The van der Waals surface area contributed by atoms with Gasteiger partial charge in [-0.2, -0.15) is 0 Å². The third kappa shape index (κ3) is 4.65. The van der Waals surface area contributed by atoms with Crippen molar-refractivity contribution in [3.63, 3.8) is 0 Å². The quantitative estimate of drug-likeness (QED) is 0.452. The first-order valence-corrected chi connectivity index (χ1v) is 8.86. The van der Waals surface area contributed by atoms with E-state index in [1.54, 1.807) is 6.92 Å². The number of aromatic nitrogens is 4. The molecule has 29 heavy (non-hydrogen) atoms. The topological polar surface area (TPSA) is 163 Å². The Balaban J connectivity index is 1.84. The van der Waals surface area contributed by atoms with Gasteiger partial charge in [0.05, 0.1) is 21.7 Å². The summed E-state index contributed by atoms with van der Waals surface area (Å²) in [6, 6.07) is 3.95. The molecule has 0 saturated carbocycles. The maximum Gasteiger partial charge on any atom is 0.439 e. The van der Waals surface area contributed by atoms with Gasteiger partial charge in [0, 0.05) is 11.8 Å². The molecule has 152 valence electrons. The van der Waals surface area contributed by atoms with Crippen molar-refractivity contribution in [3.05, 3.63) is 60.5 Å². The van der Waals surface area contributed by atoms with Crippen molar-refractivity contribution >= 4 is 34.8 Å². The SMILES string of the molecule is CC[C@@H](O)c1cc(Oc2c(Cl)cc(NC(=O)c3noc(=O)[nH]3)cc2Cl)n[nH]c1=O. The largest absolute Gasteiger partial charge is 0.439 e. The number of hydrogen-bond acceptors (Lipinski definition) is 8. The second-order valence-corrected chi connectivity index (χ2v) is 6.50. The van der Waals surface area contributed by atoms with Crippen molar-refractivity contribution in [2.45, 2.75) is 19.4 Å². The number of anilines is 1. The molecule has 1 atom stereocenters. The standard InChI is InChI=1S/C16H13Cl2N5O6/c1-2-10(24)7-5-11(21-22-14(7)25)28-12-8(17)3-6(4-9(12)18)19-15(26)13-20-16(27)29-23-13/h3-5,10,24H,2H2,1H3,(H,19,26)(H,22,25)(H,20,23,27)/t10-/m1/s1. The molecule has 0 aliphatic heterocycles. The summed E-state index contributed by atoms with van der Waals surface area (Å²) in [6.07, 6.45) is -0.672. The number of ether oxygens (including phenoxy) is 1. The monoisotopic (exact) mass is 441 g/mol. The Kier molecular flexibility index (Phi) is 6.01. The van der Waals surface area contributed by atoms with E-state index in [1.807, 2.05) is 0 Å². The first-order valence-electron chi connectivity index (χ1n) is 8.10. The average molecular weight is 442 g/mol. The molecule has 13 heteroatoms. The van der Waals surface area contributed by atoms with Gasteiger partial charge in [0.25, 0.3) is 11.5 Å². The van der Waals surface area contributed by atoms with E-state index in [2.05, 4.69) is 30.2 Å². The number of nitrogens with one attached hydrogen (secondary N) is 3. The van der Waals surface area contributed by atoms with Gasteiger partial charge in [-0.3, -0.25) is 19.1 Å². The van der Waals surface area contributed by atoms with Gasteiger partial charge in [-0.25, -0.2) is 9.89 Å². The van der Waals surface area contributed by atoms with E-state index >= 15 is 0 Å². The minimum atomic E-state index is -0.990. The van der Waals surface area contributed by atoms with Crippen LogP contribution in [0.1, 0.15) is 35.6 Å². The first kappa shape index (κ1) is 20.6. The Morgan fingerprint density at radius 1 is 1.31 bits per heavy atom. The lowest BCUT2D eigenvalue weighted by atomic mass is 10.1. The highest BCUT2D eigenvalue weighted by Crippen LogP contribution is 2.38. The van der Waals surface area contributed by atoms with E-state index in [1.165, 1.54) is 18.2 Å². The van der Waals surface area contributed by atoms with E-state index < -0.39 is 23.3 Å². The second-order valence-electron chi connectivity index (χ2n) is 5.68. The summed E-state index contributed by atoms with van der Waals surface area (Å²) >= 11 is 12.4. The molecule has 0 aliphatic carbocycles. The number of carbonyl (C=O) groups excluding carboxylic acids is 1. The lowest BCUT2D eigenvalue weighted by Gasteiger charge is -2.12. The molecule has 11 nitrogen and oxygen atoms in total. The van der Waals surface area contributed by atoms with E-state index in [0.717, 1.165) is 0 Å². The van der Waals surface area contributed by atoms with Gasteiger partial charge in [0.2, 0.25) is 11.7 Å². The number of carbonyl (C=O) groups is 1. The normalized spacial score (nSPS) is 11.9. The summed E-state index contributed by atoms with van der Waals surface area (Å²) in [7, 11) is 0. The lowest BCUT2D eigenvalue weighted by Crippen LogP contribution is -2.17. The number of nitrogens with zero attached hydrogens (tertiary/aromatic N) is 2. The molecule has 0 aliphatic rings. The number of aromatic amines is 2. The molecule has 0 bridgehead atoms. The van der Waals surface area contributed by atoms with E-state index in [4.69, 9.17) is 27.9 Å². The van der Waals surface area contributed by atoms with Crippen LogP contribution in [-0.2, 0) is 0 Å². The van der Waals surface area contributed by atoms with Crippen LogP contribution in [0.2, 0.25) is 10.0 Å². The summed E-state index contributed by atoms with van der Waals surface area (Å²) in [5.74, 6) is -2.00. The van der Waals surface area contributed by atoms with Crippen LogP contribution in [0.25, 0.3) is 0 Å². The second kappa shape index (κ2) is 8.47. The number of benzene rings is 1. The summed E-state index contributed by atoms with van der Waals surface area (Å²) in [6.45, 7) is 1.71. The van der Waals surface area contributed by atoms with Crippen LogP contribution in [0, 0.1) is 0 Å².